The lowest BCUT2D eigenvalue weighted by Gasteiger charge is -2.47. The van der Waals surface area contributed by atoms with Crippen LogP contribution in [0.15, 0.2) is 0 Å². The summed E-state index contributed by atoms with van der Waals surface area (Å²) in [5.74, 6) is 13.1. The number of nitrogens with zero attached hydrogens (tertiary/aromatic N) is 2. The van der Waals surface area contributed by atoms with Crippen molar-refractivity contribution >= 4 is 0 Å². The van der Waals surface area contributed by atoms with Gasteiger partial charge >= 0.3 is 0 Å². The van der Waals surface area contributed by atoms with Gasteiger partial charge in [0.15, 0.2) is 0 Å². The van der Waals surface area contributed by atoms with Crippen molar-refractivity contribution in [3.05, 3.63) is 0 Å². The molecule has 2 heterocycles. The molecule has 2 heteroatoms. The Kier molecular flexibility index (Phi) is 9.69. The van der Waals surface area contributed by atoms with Crippen molar-refractivity contribution < 1.29 is 0 Å². The Morgan fingerprint density at radius 3 is 1.29 bits per heavy atom. The van der Waals surface area contributed by atoms with Crippen molar-refractivity contribution in [2.24, 2.45) is 71.0 Å². The Bertz CT molecular complexity index is 1180. The van der Waals surface area contributed by atoms with E-state index in [2.05, 4.69) is 9.80 Å². The van der Waals surface area contributed by atoms with Crippen LogP contribution in [0.2, 0.25) is 0 Å². The summed E-state index contributed by atoms with van der Waals surface area (Å²) < 4.78 is 0. The van der Waals surface area contributed by atoms with E-state index in [-0.39, 0.29) is 0 Å². The highest BCUT2D eigenvalue weighted by atomic mass is 15.3. The zero-order valence-corrected chi connectivity index (χ0v) is 33.2. The Labute approximate surface area is 315 Å². The second-order valence-corrected chi connectivity index (χ2v) is 22.3. The first kappa shape index (κ1) is 34.2. The number of likely N-dealkylation sites (tertiary alicyclic amines) is 2. The third kappa shape index (κ3) is 6.03. The minimum absolute atomic E-state index is 0.962. The van der Waals surface area contributed by atoms with Crippen LogP contribution >= 0.6 is 0 Å². The molecule has 11 aliphatic rings. The molecule has 51 heavy (non-hydrogen) atoms. The fourth-order valence-corrected chi connectivity index (χ4v) is 18.8. The van der Waals surface area contributed by atoms with E-state index in [1.807, 2.05) is 0 Å². The molecule has 0 aromatic heterocycles. The highest BCUT2D eigenvalue weighted by Gasteiger charge is 2.57. The standard InChI is InChI=1S/C49H80N2/c1-2-11-38(12-3-1)50-46-16-8-6-14-41(46)44-29-34(23-26-48(44)50)32-18-20-33(21-19-32)35-24-27-49-45(30-35)42-15-7-9-17-47(42)51(49)39-25-22-37-28-36-10-4-5-13-40(36)43(37)31-39/h32-49H,1-31H2. The minimum Gasteiger partial charge on any atom is -0.294 e. The van der Waals surface area contributed by atoms with Crippen LogP contribution in [-0.2, 0) is 0 Å². The van der Waals surface area contributed by atoms with Crippen molar-refractivity contribution in [1.82, 2.24) is 9.80 Å². The predicted octanol–water partition coefficient (Wildman–Crippen LogP) is 12.4. The first-order chi connectivity index (χ1) is 25.3. The molecule has 0 spiro atoms. The molecule has 11 rings (SSSR count). The van der Waals surface area contributed by atoms with Gasteiger partial charge in [0.25, 0.3) is 0 Å². The van der Waals surface area contributed by atoms with Gasteiger partial charge in [-0.25, -0.2) is 0 Å². The summed E-state index contributed by atoms with van der Waals surface area (Å²) in [4.78, 5) is 6.61. The summed E-state index contributed by atoms with van der Waals surface area (Å²) in [6.07, 6.45) is 48.9. The summed E-state index contributed by atoms with van der Waals surface area (Å²) in [7, 11) is 0. The molecule has 0 aromatic rings. The van der Waals surface area contributed by atoms with Crippen LogP contribution in [0.4, 0.5) is 0 Å². The third-order valence-corrected chi connectivity index (χ3v) is 20.7. The molecule has 0 bridgehead atoms. The van der Waals surface area contributed by atoms with E-state index in [0.29, 0.717) is 0 Å². The number of fused-ring (bicyclic) bond motifs is 9. The van der Waals surface area contributed by atoms with Gasteiger partial charge in [-0.2, -0.15) is 0 Å². The van der Waals surface area contributed by atoms with Gasteiger partial charge in [-0.05, 0) is 206 Å². The van der Waals surface area contributed by atoms with Gasteiger partial charge in [0.1, 0.15) is 0 Å². The van der Waals surface area contributed by atoms with Gasteiger partial charge in [-0.1, -0.05) is 64.2 Å². The zero-order valence-electron chi connectivity index (χ0n) is 33.2. The molecular formula is C49H80N2. The summed E-state index contributed by atoms with van der Waals surface area (Å²) in [6.45, 7) is 0. The van der Waals surface area contributed by atoms with Crippen LogP contribution in [0.25, 0.3) is 0 Å². The van der Waals surface area contributed by atoms with Gasteiger partial charge in [-0.15, -0.1) is 0 Å². The predicted molar refractivity (Wildman–Crippen MR) is 211 cm³/mol. The average Bonchev–Trinajstić information content (AvgIpc) is 3.85. The lowest BCUT2D eigenvalue weighted by Crippen LogP contribution is -2.50. The van der Waals surface area contributed by atoms with E-state index in [1.165, 1.54) is 44.9 Å². The maximum Gasteiger partial charge on any atom is 0.0133 e. The van der Waals surface area contributed by atoms with Crippen LogP contribution in [0.3, 0.4) is 0 Å². The van der Waals surface area contributed by atoms with Crippen molar-refractivity contribution in [3.63, 3.8) is 0 Å². The molecule has 2 aliphatic heterocycles. The summed E-state index contributed by atoms with van der Waals surface area (Å²) in [6, 6.07) is 5.86. The Morgan fingerprint density at radius 1 is 0.216 bits per heavy atom. The first-order valence-electron chi connectivity index (χ1n) is 24.8. The maximum atomic E-state index is 3.36. The van der Waals surface area contributed by atoms with E-state index < -0.39 is 0 Å². The van der Waals surface area contributed by atoms with Crippen LogP contribution in [0.5, 0.6) is 0 Å². The average molecular weight is 697 g/mol. The maximum absolute atomic E-state index is 3.36. The molecule has 9 aliphatic carbocycles. The monoisotopic (exact) mass is 697 g/mol. The number of hydrogen-bond donors (Lipinski definition) is 0. The topological polar surface area (TPSA) is 6.48 Å². The summed E-state index contributed by atoms with van der Waals surface area (Å²) in [5.41, 5.74) is 0. The van der Waals surface area contributed by atoms with E-state index in [4.69, 9.17) is 0 Å². The smallest absolute Gasteiger partial charge is 0.0133 e. The molecule has 15 atom stereocenters. The van der Waals surface area contributed by atoms with Crippen molar-refractivity contribution in [2.75, 3.05) is 0 Å². The van der Waals surface area contributed by atoms with Crippen LogP contribution in [-0.4, -0.2) is 46.1 Å². The normalized spacial score (nSPS) is 53.8. The Balaban J connectivity index is 0.723. The fraction of sp³-hybridized carbons (Fsp3) is 1.00. The van der Waals surface area contributed by atoms with E-state index in [9.17, 15) is 0 Å². The molecule has 2 saturated heterocycles. The SMILES string of the molecule is C1CCC(N2C3CCCCC3C3CC(C4CCC(C5CCC6C(C5)C5CCCCC5N6C5CCC6CC7CCCCC7C6C5)CC4)CCC32)CC1. The van der Waals surface area contributed by atoms with Crippen LogP contribution in [0, 0.1) is 71.0 Å². The van der Waals surface area contributed by atoms with E-state index in [1.54, 1.807) is 154 Å². The lowest BCUT2D eigenvalue weighted by molar-refractivity contribution is 0.0188. The highest BCUT2D eigenvalue weighted by Crippen LogP contribution is 2.60. The molecule has 0 radical (unpaired) electrons. The summed E-state index contributed by atoms with van der Waals surface area (Å²) >= 11 is 0. The highest BCUT2D eigenvalue weighted by molar-refractivity contribution is 5.10. The van der Waals surface area contributed by atoms with Gasteiger partial charge in [0.05, 0.1) is 0 Å². The van der Waals surface area contributed by atoms with Crippen molar-refractivity contribution in [2.45, 2.75) is 235 Å². The van der Waals surface area contributed by atoms with Crippen LogP contribution in [0.1, 0.15) is 199 Å². The molecule has 0 amide bonds. The molecule has 9 saturated carbocycles. The molecule has 0 N–H and O–H groups in total. The number of rotatable bonds is 4. The van der Waals surface area contributed by atoms with E-state index in [0.717, 1.165) is 107 Å². The second kappa shape index (κ2) is 14.5. The van der Waals surface area contributed by atoms with Crippen molar-refractivity contribution in [3.8, 4) is 0 Å². The van der Waals surface area contributed by atoms with Crippen LogP contribution < -0.4 is 0 Å². The molecule has 286 valence electrons. The molecule has 15 unspecified atom stereocenters. The molecule has 0 aromatic carbocycles. The van der Waals surface area contributed by atoms with Gasteiger partial charge in [0, 0.05) is 36.3 Å². The number of hydrogen-bond acceptors (Lipinski definition) is 2. The lowest BCUT2D eigenvalue weighted by atomic mass is 9.61. The van der Waals surface area contributed by atoms with Crippen molar-refractivity contribution in [1.29, 1.82) is 0 Å². The van der Waals surface area contributed by atoms with Gasteiger partial charge in [-0.3, -0.25) is 9.80 Å². The minimum atomic E-state index is 0.962. The Morgan fingerprint density at radius 2 is 0.667 bits per heavy atom. The third-order valence-electron chi connectivity index (χ3n) is 20.7. The second-order valence-electron chi connectivity index (χ2n) is 22.3. The first-order valence-corrected chi connectivity index (χ1v) is 24.8. The van der Waals surface area contributed by atoms with Gasteiger partial charge in [0.2, 0.25) is 0 Å². The zero-order chi connectivity index (χ0) is 33.5. The van der Waals surface area contributed by atoms with Gasteiger partial charge < -0.3 is 0 Å². The van der Waals surface area contributed by atoms with E-state index >= 15 is 0 Å². The molecule has 2 nitrogen and oxygen atoms in total. The molecular weight excluding hydrogens is 617 g/mol. The molecule has 11 fully saturated rings. The quantitative estimate of drug-likeness (QED) is 0.289. The Hall–Kier alpha value is -0.0800. The summed E-state index contributed by atoms with van der Waals surface area (Å²) in [5, 5.41) is 0. The fourth-order valence-electron chi connectivity index (χ4n) is 18.8. The largest absolute Gasteiger partial charge is 0.294 e.